The van der Waals surface area contributed by atoms with Gasteiger partial charge in [0.25, 0.3) is 0 Å². The Balaban J connectivity index is 2.51. The van der Waals surface area contributed by atoms with Crippen LogP contribution in [0.25, 0.3) is 0 Å². The van der Waals surface area contributed by atoms with Crippen molar-refractivity contribution >= 4 is 44.7 Å². The molecule has 0 fully saturated rings. The van der Waals surface area contributed by atoms with Gasteiger partial charge in [0, 0.05) is 17.6 Å². The molecule has 1 aromatic rings. The second-order valence-corrected chi connectivity index (χ2v) is 10.8. The van der Waals surface area contributed by atoms with Crippen molar-refractivity contribution in [3.05, 3.63) is 6.07 Å². The number of nitrogen functional groups attached to an aromatic ring is 1. The number of nitrogens with two attached hydrogens (primary N) is 1. The highest BCUT2D eigenvalue weighted by Crippen LogP contribution is 2.35. The van der Waals surface area contributed by atoms with Gasteiger partial charge >= 0.3 is 15.2 Å². The number of thioether (sulfide) groups is 2. The third kappa shape index (κ3) is 12.8. The lowest BCUT2D eigenvalue weighted by Gasteiger charge is -2.14. The Morgan fingerprint density at radius 2 is 1.33 bits per heavy atom. The van der Waals surface area contributed by atoms with E-state index in [2.05, 4.69) is 9.97 Å². The predicted octanol–water partition coefficient (Wildman–Crippen LogP) is 1.32. The van der Waals surface area contributed by atoms with Gasteiger partial charge in [-0.3, -0.25) is 9.13 Å². The first-order valence-electron chi connectivity index (χ1n) is 7.56. The van der Waals surface area contributed by atoms with Crippen LogP contribution in [0.4, 0.5) is 5.95 Å². The Bertz CT molecular complexity index is 647. The highest BCUT2D eigenvalue weighted by atomic mass is 32.2. The van der Waals surface area contributed by atoms with Crippen molar-refractivity contribution in [2.75, 3.05) is 29.9 Å². The maximum Gasteiger partial charge on any atom is 0.350 e. The monoisotopic (exact) mass is 463 g/mol. The van der Waals surface area contributed by atoms with Crippen molar-refractivity contribution in [3.8, 4) is 0 Å². The summed E-state index contributed by atoms with van der Waals surface area (Å²) in [6.45, 7) is 3.37. The van der Waals surface area contributed by atoms with Gasteiger partial charge in [0.1, 0.15) is 22.7 Å². The van der Waals surface area contributed by atoms with E-state index in [0.29, 0.717) is 21.6 Å². The summed E-state index contributed by atoms with van der Waals surface area (Å²) in [7, 11) is -8.41. The predicted molar refractivity (Wildman–Crippen MR) is 103 cm³/mol. The van der Waals surface area contributed by atoms with Crippen molar-refractivity contribution in [1.82, 2.24) is 9.97 Å². The molecular weight excluding hydrogens is 440 g/mol. The Hall–Kier alpha value is -0.200. The summed E-state index contributed by atoms with van der Waals surface area (Å²) in [5.41, 5.74) is 5.69. The van der Waals surface area contributed by atoms with Crippen LogP contribution >= 0.6 is 38.7 Å². The second-order valence-electron chi connectivity index (χ2n) is 5.57. The molecule has 0 aliphatic rings. The van der Waals surface area contributed by atoms with Gasteiger partial charge in [0.05, 0.1) is 12.2 Å². The quantitative estimate of drug-likeness (QED) is 0.170. The van der Waals surface area contributed by atoms with Crippen LogP contribution in [0.1, 0.15) is 13.8 Å². The van der Waals surface area contributed by atoms with Crippen LogP contribution in [0, 0.1) is 0 Å². The molecule has 1 rings (SSSR count). The number of aromatic nitrogens is 2. The first-order valence-corrected chi connectivity index (χ1v) is 13.1. The zero-order valence-corrected chi connectivity index (χ0v) is 18.1. The van der Waals surface area contributed by atoms with Gasteiger partial charge in [-0.05, 0) is 13.8 Å². The molecule has 0 aromatic carbocycles. The van der Waals surface area contributed by atoms with Gasteiger partial charge < -0.3 is 34.8 Å². The van der Waals surface area contributed by atoms with Gasteiger partial charge in [-0.1, -0.05) is 0 Å². The second kappa shape index (κ2) is 11.1. The third-order valence-electron chi connectivity index (χ3n) is 2.68. The fourth-order valence-corrected chi connectivity index (χ4v) is 4.20. The summed E-state index contributed by atoms with van der Waals surface area (Å²) >= 11 is 2.60. The Morgan fingerprint density at radius 3 is 1.67 bits per heavy atom. The average molecular weight is 463 g/mol. The molecule has 0 unspecified atom stereocenters. The molecule has 156 valence electrons. The Morgan fingerprint density at radius 1 is 0.963 bits per heavy atom. The molecule has 0 radical (unpaired) electrons. The molecule has 0 aliphatic heterocycles. The first kappa shape index (κ1) is 24.8. The lowest BCUT2D eigenvalue weighted by molar-refractivity contribution is 0.105. The molecule has 6 N–H and O–H groups in total. The van der Waals surface area contributed by atoms with E-state index in [1.165, 1.54) is 23.5 Å². The highest BCUT2D eigenvalue weighted by molar-refractivity contribution is 8.00. The van der Waals surface area contributed by atoms with Gasteiger partial charge in [0.2, 0.25) is 5.95 Å². The minimum atomic E-state index is -4.21. The largest absolute Gasteiger partial charge is 0.368 e. The van der Waals surface area contributed by atoms with E-state index in [4.69, 9.17) is 34.8 Å². The van der Waals surface area contributed by atoms with Crippen molar-refractivity contribution in [2.45, 2.75) is 36.1 Å². The lowest BCUT2D eigenvalue weighted by Crippen LogP contribution is -2.13. The minimum absolute atomic E-state index is 0.0649. The van der Waals surface area contributed by atoms with Gasteiger partial charge in [-0.25, -0.2) is 9.97 Å². The zero-order chi connectivity index (χ0) is 20.7. The van der Waals surface area contributed by atoms with Gasteiger partial charge in [0.15, 0.2) is 0 Å². The van der Waals surface area contributed by atoms with Crippen LogP contribution in [-0.4, -0.2) is 66.0 Å². The number of rotatable bonds is 12. The summed E-state index contributed by atoms with van der Waals surface area (Å²) in [4.78, 5) is 43.4. The van der Waals surface area contributed by atoms with Crippen molar-refractivity contribution in [1.29, 1.82) is 0 Å². The molecule has 1 aromatic heterocycles. The number of ether oxygens (including phenoxy) is 2. The van der Waals surface area contributed by atoms with E-state index in [1.807, 2.05) is 0 Å². The Labute approximate surface area is 165 Å². The standard InChI is InChI=1S/C12H23N3O8P2S2/c1-8(22-6-24(16,17)18)4-26-10-3-11(15-12(13)14-10)27-5-9(2)23-7-25(19,20)21/h3,8-9H,4-7H2,1-2H3,(H2,13,14,15)(H2,16,17,18)(H2,19,20,21)/t8-,9-/m0/s1. The smallest absolute Gasteiger partial charge is 0.350 e. The van der Waals surface area contributed by atoms with Crippen molar-refractivity contribution in [3.63, 3.8) is 0 Å². The highest BCUT2D eigenvalue weighted by Gasteiger charge is 2.17. The van der Waals surface area contributed by atoms with E-state index in [9.17, 15) is 9.13 Å². The molecule has 0 amide bonds. The molecular formula is C12H23N3O8P2S2. The fourth-order valence-electron chi connectivity index (χ4n) is 1.52. The maximum absolute atomic E-state index is 10.8. The van der Waals surface area contributed by atoms with Crippen molar-refractivity contribution in [2.24, 2.45) is 0 Å². The van der Waals surface area contributed by atoms with Crippen LogP contribution in [0.15, 0.2) is 16.1 Å². The van der Waals surface area contributed by atoms with E-state index < -0.39 is 40.1 Å². The molecule has 1 heterocycles. The molecule has 27 heavy (non-hydrogen) atoms. The maximum atomic E-state index is 10.8. The van der Waals surface area contributed by atoms with Crippen LogP contribution in [0.3, 0.4) is 0 Å². The number of anilines is 1. The molecule has 0 spiro atoms. The molecule has 0 saturated heterocycles. The molecule has 11 nitrogen and oxygen atoms in total. The molecule has 15 heteroatoms. The average Bonchev–Trinajstić information content (AvgIpc) is 2.52. The number of hydrogen-bond acceptors (Lipinski definition) is 9. The van der Waals surface area contributed by atoms with E-state index >= 15 is 0 Å². The normalized spacial score (nSPS) is 14.9. The zero-order valence-electron chi connectivity index (χ0n) is 14.7. The third-order valence-corrected chi connectivity index (χ3v) is 5.94. The summed E-state index contributed by atoms with van der Waals surface area (Å²) in [5.74, 6) is 0.875. The van der Waals surface area contributed by atoms with Crippen LogP contribution in [-0.2, 0) is 18.6 Å². The van der Waals surface area contributed by atoms with E-state index in [1.54, 1.807) is 19.9 Å². The molecule has 0 saturated carbocycles. The summed E-state index contributed by atoms with van der Waals surface area (Å²) < 4.78 is 31.7. The molecule has 0 aliphatic carbocycles. The van der Waals surface area contributed by atoms with Gasteiger partial charge in [-0.15, -0.1) is 23.5 Å². The van der Waals surface area contributed by atoms with E-state index in [-0.39, 0.29) is 5.95 Å². The molecule has 0 bridgehead atoms. The van der Waals surface area contributed by atoms with Crippen LogP contribution < -0.4 is 5.73 Å². The summed E-state index contributed by atoms with van der Waals surface area (Å²) in [6.07, 6.45) is -2.10. The first-order chi connectivity index (χ1) is 12.3. The van der Waals surface area contributed by atoms with Gasteiger partial charge in [-0.2, -0.15) is 0 Å². The summed E-state index contributed by atoms with van der Waals surface area (Å²) in [5, 5.41) is 1.14. The number of nitrogens with zero attached hydrogens (tertiary/aromatic N) is 2. The Kier molecular flexibility index (Phi) is 10.2. The van der Waals surface area contributed by atoms with Crippen LogP contribution in [0.2, 0.25) is 0 Å². The molecule has 2 atom stereocenters. The minimum Gasteiger partial charge on any atom is -0.368 e. The topological polar surface area (TPSA) is 185 Å². The van der Waals surface area contributed by atoms with Crippen molar-refractivity contribution < 1.29 is 38.2 Å². The lowest BCUT2D eigenvalue weighted by atomic mass is 10.5. The van der Waals surface area contributed by atoms with E-state index in [0.717, 1.165) is 0 Å². The van der Waals surface area contributed by atoms with Crippen LogP contribution in [0.5, 0.6) is 0 Å². The number of hydrogen-bond donors (Lipinski definition) is 5. The fraction of sp³-hybridized carbons (Fsp3) is 0.667. The summed E-state index contributed by atoms with van der Waals surface area (Å²) in [6, 6.07) is 1.69. The SMILES string of the molecule is C[C@@H](CSc1cc(SC[C@H](C)OCP(=O)(O)O)nc(N)n1)OCP(=O)(O)O.